The predicted octanol–water partition coefficient (Wildman–Crippen LogP) is 2.12. The van der Waals surface area contributed by atoms with Crippen LogP contribution in [0.25, 0.3) is 11.3 Å². The Labute approximate surface area is 111 Å². The van der Waals surface area contributed by atoms with E-state index in [9.17, 15) is 8.42 Å². The van der Waals surface area contributed by atoms with Crippen LogP contribution < -0.4 is 5.73 Å². The van der Waals surface area contributed by atoms with E-state index in [-0.39, 0.29) is 5.75 Å². The average molecular weight is 282 g/mol. The summed E-state index contributed by atoms with van der Waals surface area (Å²) in [6.07, 6.45) is 0. The summed E-state index contributed by atoms with van der Waals surface area (Å²) < 4.78 is 21.5. The number of aryl methyl sites for hydroxylation is 2. The van der Waals surface area contributed by atoms with Crippen LogP contribution in [0, 0.1) is 13.8 Å². The number of anilines is 1. The first-order valence-corrected chi connectivity index (χ1v) is 7.65. The van der Waals surface area contributed by atoms with Crippen LogP contribution in [0.5, 0.6) is 0 Å². The van der Waals surface area contributed by atoms with Gasteiger partial charge in [-0.25, -0.2) is 13.4 Å². The number of nitrogen functional groups attached to an aromatic ring is 1. The van der Waals surface area contributed by atoms with Crippen LogP contribution in [0.1, 0.15) is 16.7 Å². The largest absolute Gasteiger partial charge is 0.375 e. The van der Waals surface area contributed by atoms with Gasteiger partial charge in [-0.2, -0.15) is 0 Å². The molecule has 0 radical (unpaired) electrons. The Morgan fingerprint density at radius 2 is 1.89 bits per heavy atom. The highest BCUT2D eigenvalue weighted by Gasteiger charge is 2.10. The normalized spacial score (nSPS) is 11.1. The summed E-state index contributed by atoms with van der Waals surface area (Å²) in [7, 11) is -2.39. The van der Waals surface area contributed by atoms with Crippen molar-refractivity contribution < 1.29 is 8.42 Å². The van der Waals surface area contributed by atoms with Crippen LogP contribution in [0.4, 0.5) is 5.13 Å². The summed E-state index contributed by atoms with van der Waals surface area (Å²) in [5, 5.41) is 2.45. The molecule has 0 aliphatic carbocycles. The van der Waals surface area contributed by atoms with Crippen LogP contribution in [-0.2, 0) is 16.5 Å². The lowest BCUT2D eigenvalue weighted by Gasteiger charge is -2.09. The number of thiazole rings is 1. The van der Waals surface area contributed by atoms with Gasteiger partial charge in [0.1, 0.15) is 10.7 Å². The third kappa shape index (κ3) is 2.70. The summed E-state index contributed by atoms with van der Waals surface area (Å²) in [6, 6.07) is 3.78. The summed E-state index contributed by atoms with van der Waals surface area (Å²) in [4.78, 5) is 4.27. The summed E-state index contributed by atoms with van der Waals surface area (Å²) in [5.74, 6) is 0.0799. The first-order valence-electron chi connectivity index (χ1n) is 5.40. The number of nitrogens with zero attached hydrogens (tertiary/aromatic N) is 1. The Morgan fingerprint density at radius 3 is 2.33 bits per heavy atom. The molecule has 2 N–H and O–H groups in total. The van der Waals surface area contributed by atoms with Crippen molar-refractivity contribution in [1.82, 2.24) is 4.98 Å². The highest BCUT2D eigenvalue weighted by Crippen LogP contribution is 2.30. The smallest absolute Gasteiger partial charge is 0.180 e. The van der Waals surface area contributed by atoms with Crippen molar-refractivity contribution in [3.63, 3.8) is 0 Å². The molecular weight excluding hydrogens is 268 g/mol. The molecule has 0 fully saturated rings. The molecule has 0 atom stereocenters. The summed E-state index contributed by atoms with van der Waals surface area (Å²) in [6.45, 7) is 3.92. The van der Waals surface area contributed by atoms with Crippen LogP contribution >= 0.6 is 11.3 Å². The molecule has 6 heteroatoms. The minimum Gasteiger partial charge on any atom is -0.375 e. The first-order chi connectivity index (χ1) is 8.47. The van der Waals surface area contributed by atoms with Crippen molar-refractivity contribution in [1.29, 1.82) is 0 Å². The molecule has 1 heterocycles. The molecular formula is C12H14N2O2S2. The number of thiol groups is 1. The lowest BCUT2D eigenvalue weighted by molar-refractivity contribution is 0.614. The van der Waals surface area contributed by atoms with Crippen LogP contribution in [0.2, 0.25) is 0 Å². The van der Waals surface area contributed by atoms with E-state index in [1.165, 1.54) is 11.3 Å². The fraction of sp³-hybridized carbons (Fsp3) is 0.250. The zero-order chi connectivity index (χ0) is 13.3. The Kier molecular flexibility index (Phi) is 3.68. The molecule has 96 valence electrons. The summed E-state index contributed by atoms with van der Waals surface area (Å²) >= 11 is 1.40. The maximum Gasteiger partial charge on any atom is 0.180 e. The Bertz CT molecular complexity index is 629. The van der Waals surface area contributed by atoms with E-state index in [2.05, 4.69) is 4.98 Å². The van der Waals surface area contributed by atoms with Crippen LogP contribution in [0.15, 0.2) is 17.5 Å². The van der Waals surface area contributed by atoms with Gasteiger partial charge in [-0.3, -0.25) is 0 Å². The van der Waals surface area contributed by atoms with E-state index < -0.39 is 10.7 Å². The molecule has 0 saturated heterocycles. The van der Waals surface area contributed by atoms with Gasteiger partial charge in [-0.1, -0.05) is 12.1 Å². The van der Waals surface area contributed by atoms with E-state index in [4.69, 9.17) is 5.73 Å². The van der Waals surface area contributed by atoms with Gasteiger partial charge in [0.05, 0.1) is 11.4 Å². The third-order valence-electron chi connectivity index (χ3n) is 2.68. The van der Waals surface area contributed by atoms with Crippen molar-refractivity contribution in [3.8, 4) is 11.3 Å². The third-order valence-corrected chi connectivity index (χ3v) is 3.98. The molecule has 2 rings (SSSR count). The molecule has 4 nitrogen and oxygen atoms in total. The molecule has 0 spiro atoms. The van der Waals surface area contributed by atoms with Gasteiger partial charge in [0.25, 0.3) is 0 Å². The van der Waals surface area contributed by atoms with Gasteiger partial charge in [-0.05, 0) is 30.5 Å². The van der Waals surface area contributed by atoms with E-state index in [0.29, 0.717) is 5.13 Å². The van der Waals surface area contributed by atoms with Crippen molar-refractivity contribution >= 4 is 27.2 Å². The Morgan fingerprint density at radius 1 is 1.28 bits per heavy atom. The number of rotatable bonds is 3. The Hall–Kier alpha value is -1.40. The summed E-state index contributed by atoms with van der Waals surface area (Å²) in [5.41, 5.74) is 10.4. The molecule has 0 aliphatic heterocycles. The number of hydrogen-bond acceptors (Lipinski definition) is 5. The number of hydrogen-bond donors (Lipinski definition) is 2. The minimum atomic E-state index is -2.39. The van der Waals surface area contributed by atoms with Gasteiger partial charge in [0, 0.05) is 10.9 Å². The van der Waals surface area contributed by atoms with E-state index >= 15 is 0 Å². The highest BCUT2D eigenvalue weighted by atomic mass is 32.2. The minimum absolute atomic E-state index is 0.0799. The van der Waals surface area contributed by atoms with Crippen molar-refractivity contribution in [2.45, 2.75) is 19.6 Å². The standard InChI is InChI=1S/C12H14N2O2S2/c1-7-3-9(6-18(15)16)4-8(2)11(7)10-5-17-12(13)14-10/h3-5,18H,6H2,1-2H3,(H2,13,14). The molecule has 0 unspecified atom stereocenters. The second-order valence-corrected chi connectivity index (χ2v) is 6.04. The van der Waals surface area contributed by atoms with Gasteiger partial charge in [-0.15, -0.1) is 11.3 Å². The second-order valence-electron chi connectivity index (χ2n) is 4.17. The molecule has 0 saturated carbocycles. The number of aromatic nitrogens is 1. The van der Waals surface area contributed by atoms with Gasteiger partial charge in [0.15, 0.2) is 5.13 Å². The maximum absolute atomic E-state index is 10.8. The number of nitrogens with two attached hydrogens (primary N) is 1. The first kappa shape index (κ1) is 13.0. The topological polar surface area (TPSA) is 73.0 Å². The quantitative estimate of drug-likeness (QED) is 0.846. The van der Waals surface area contributed by atoms with E-state index in [1.807, 2.05) is 31.4 Å². The lowest BCUT2D eigenvalue weighted by atomic mass is 9.98. The van der Waals surface area contributed by atoms with Gasteiger partial charge < -0.3 is 5.73 Å². The zero-order valence-electron chi connectivity index (χ0n) is 10.1. The van der Waals surface area contributed by atoms with Crippen LogP contribution in [0.3, 0.4) is 0 Å². The Balaban J connectivity index is 2.50. The fourth-order valence-electron chi connectivity index (χ4n) is 2.10. The molecule has 0 aliphatic rings. The lowest BCUT2D eigenvalue weighted by Crippen LogP contribution is -1.94. The SMILES string of the molecule is Cc1cc(C[SH](=O)=O)cc(C)c1-c1csc(N)n1. The molecule has 1 aromatic heterocycles. The van der Waals surface area contributed by atoms with Crippen LogP contribution in [-0.4, -0.2) is 13.4 Å². The average Bonchev–Trinajstić information content (AvgIpc) is 2.62. The second kappa shape index (κ2) is 5.07. The van der Waals surface area contributed by atoms with E-state index in [1.54, 1.807) is 0 Å². The maximum atomic E-state index is 10.8. The predicted molar refractivity (Wildman–Crippen MR) is 75.5 cm³/mol. The molecule has 2 aromatic rings. The number of benzene rings is 1. The zero-order valence-corrected chi connectivity index (χ0v) is 11.8. The van der Waals surface area contributed by atoms with Crippen molar-refractivity contribution in [2.75, 3.05) is 5.73 Å². The molecule has 1 aromatic carbocycles. The monoisotopic (exact) mass is 282 g/mol. The van der Waals surface area contributed by atoms with Crippen molar-refractivity contribution in [3.05, 3.63) is 34.2 Å². The highest BCUT2D eigenvalue weighted by molar-refractivity contribution is 7.71. The van der Waals surface area contributed by atoms with Gasteiger partial charge >= 0.3 is 0 Å². The fourth-order valence-corrected chi connectivity index (χ4v) is 3.13. The molecule has 18 heavy (non-hydrogen) atoms. The molecule has 0 amide bonds. The van der Waals surface area contributed by atoms with E-state index in [0.717, 1.165) is 27.9 Å². The van der Waals surface area contributed by atoms with Crippen molar-refractivity contribution in [2.24, 2.45) is 0 Å². The van der Waals surface area contributed by atoms with Gasteiger partial charge in [0.2, 0.25) is 0 Å². The molecule has 0 bridgehead atoms.